The fourth-order valence-corrected chi connectivity index (χ4v) is 1.47. The number of carbonyl (C=O) groups excluding carboxylic acids is 1. The van der Waals surface area contributed by atoms with Crippen LogP contribution < -0.4 is 16.4 Å². The van der Waals surface area contributed by atoms with Crippen LogP contribution in [0.3, 0.4) is 0 Å². The van der Waals surface area contributed by atoms with Crippen molar-refractivity contribution in [3.63, 3.8) is 0 Å². The average Bonchev–Trinajstić information content (AvgIpc) is 2.30. The van der Waals surface area contributed by atoms with Crippen LogP contribution in [0.15, 0.2) is 18.2 Å². The predicted octanol–water partition coefficient (Wildman–Crippen LogP) is 2.93. The fourth-order valence-electron chi connectivity index (χ4n) is 1.47. The zero-order valence-corrected chi connectivity index (χ0v) is 12.3. The highest BCUT2D eigenvalue weighted by atomic mass is 19.1. The Hall–Kier alpha value is -1.82. The van der Waals surface area contributed by atoms with Crippen molar-refractivity contribution >= 4 is 17.5 Å². The van der Waals surface area contributed by atoms with E-state index in [1.165, 1.54) is 12.1 Å². The number of hydrogen-bond acceptors (Lipinski definition) is 4. The van der Waals surface area contributed by atoms with Crippen LogP contribution in [0.4, 0.5) is 20.6 Å². The van der Waals surface area contributed by atoms with Gasteiger partial charge in [0, 0.05) is 18.3 Å². The first-order valence-electron chi connectivity index (χ1n) is 6.47. The molecule has 0 saturated heterocycles. The molecule has 0 aromatic heterocycles. The number of nitrogens with two attached hydrogens (primary N) is 1. The van der Waals surface area contributed by atoms with Gasteiger partial charge in [0.1, 0.15) is 11.4 Å². The molecule has 0 aliphatic heterocycles. The summed E-state index contributed by atoms with van der Waals surface area (Å²) in [5, 5.41) is 5.49. The predicted molar refractivity (Wildman–Crippen MR) is 78.4 cm³/mol. The molecule has 1 atom stereocenters. The Balaban J connectivity index is 2.79. The van der Waals surface area contributed by atoms with E-state index in [2.05, 4.69) is 10.6 Å². The van der Waals surface area contributed by atoms with Crippen LogP contribution in [0.2, 0.25) is 0 Å². The van der Waals surface area contributed by atoms with Gasteiger partial charge in [0.2, 0.25) is 0 Å². The number of benzene rings is 1. The number of rotatable bonds is 4. The first-order valence-corrected chi connectivity index (χ1v) is 6.47. The minimum atomic E-state index is -0.694. The Morgan fingerprint density at radius 3 is 2.65 bits per heavy atom. The summed E-state index contributed by atoms with van der Waals surface area (Å²) in [4.78, 5) is 11.6. The second-order valence-electron chi connectivity index (χ2n) is 5.60. The minimum Gasteiger partial charge on any atom is -0.444 e. The highest BCUT2D eigenvalue weighted by molar-refractivity contribution is 5.85. The third-order valence-electron chi connectivity index (χ3n) is 2.37. The van der Waals surface area contributed by atoms with Crippen LogP contribution in [0.1, 0.15) is 27.7 Å². The van der Waals surface area contributed by atoms with Crippen molar-refractivity contribution in [1.82, 2.24) is 0 Å². The summed E-state index contributed by atoms with van der Waals surface area (Å²) in [7, 11) is 0. The van der Waals surface area contributed by atoms with E-state index in [0.29, 0.717) is 12.2 Å². The van der Waals surface area contributed by atoms with Gasteiger partial charge in [0.05, 0.1) is 5.69 Å². The molecule has 0 aliphatic rings. The molecule has 0 radical (unpaired) electrons. The molecule has 112 valence electrons. The summed E-state index contributed by atoms with van der Waals surface area (Å²) in [6.45, 7) is 7.58. The highest BCUT2D eigenvalue weighted by Crippen LogP contribution is 2.21. The maximum absolute atomic E-state index is 13.7. The smallest absolute Gasteiger partial charge is 0.412 e. The molecular weight excluding hydrogens is 261 g/mol. The van der Waals surface area contributed by atoms with Crippen molar-refractivity contribution in [2.75, 3.05) is 17.2 Å². The molecule has 1 amide bonds. The van der Waals surface area contributed by atoms with E-state index in [9.17, 15) is 9.18 Å². The molecule has 0 bridgehead atoms. The van der Waals surface area contributed by atoms with Gasteiger partial charge in [-0.25, -0.2) is 9.18 Å². The van der Waals surface area contributed by atoms with Gasteiger partial charge in [0.25, 0.3) is 0 Å². The summed E-state index contributed by atoms with van der Waals surface area (Å²) in [6, 6.07) is 4.42. The van der Waals surface area contributed by atoms with E-state index in [4.69, 9.17) is 10.5 Å². The van der Waals surface area contributed by atoms with Crippen molar-refractivity contribution in [1.29, 1.82) is 0 Å². The average molecular weight is 283 g/mol. The van der Waals surface area contributed by atoms with Crippen molar-refractivity contribution in [2.45, 2.75) is 39.3 Å². The molecule has 1 unspecified atom stereocenters. The lowest BCUT2D eigenvalue weighted by Gasteiger charge is -2.20. The summed E-state index contributed by atoms with van der Waals surface area (Å²) in [6.07, 6.45) is -0.694. The second-order valence-corrected chi connectivity index (χ2v) is 5.60. The van der Waals surface area contributed by atoms with E-state index >= 15 is 0 Å². The number of nitrogens with one attached hydrogen (secondary N) is 2. The van der Waals surface area contributed by atoms with Crippen molar-refractivity contribution in [3.05, 3.63) is 24.0 Å². The SMILES string of the molecule is CC(CN)Nc1ccc(F)c(NC(=O)OC(C)(C)C)c1. The van der Waals surface area contributed by atoms with Gasteiger partial charge in [-0.15, -0.1) is 0 Å². The maximum atomic E-state index is 13.7. The van der Waals surface area contributed by atoms with E-state index < -0.39 is 17.5 Å². The topological polar surface area (TPSA) is 76.4 Å². The molecule has 0 fully saturated rings. The van der Waals surface area contributed by atoms with Gasteiger partial charge in [0.15, 0.2) is 0 Å². The fraction of sp³-hybridized carbons (Fsp3) is 0.500. The quantitative estimate of drug-likeness (QED) is 0.794. The van der Waals surface area contributed by atoms with E-state index in [0.717, 1.165) is 0 Å². The lowest BCUT2D eigenvalue weighted by atomic mass is 10.2. The van der Waals surface area contributed by atoms with Crippen molar-refractivity contribution in [3.8, 4) is 0 Å². The number of ether oxygens (including phenoxy) is 1. The van der Waals surface area contributed by atoms with Gasteiger partial charge in [-0.3, -0.25) is 5.32 Å². The third-order valence-corrected chi connectivity index (χ3v) is 2.37. The number of carbonyl (C=O) groups is 1. The van der Waals surface area contributed by atoms with E-state index in [1.54, 1.807) is 26.8 Å². The first-order chi connectivity index (χ1) is 9.21. The Kier molecular flexibility index (Phi) is 5.33. The Labute approximate surface area is 118 Å². The third kappa shape index (κ3) is 5.44. The molecule has 0 saturated carbocycles. The molecule has 0 spiro atoms. The maximum Gasteiger partial charge on any atom is 0.412 e. The van der Waals surface area contributed by atoms with E-state index in [-0.39, 0.29) is 11.7 Å². The molecular formula is C14H22FN3O2. The van der Waals surface area contributed by atoms with Crippen molar-refractivity contribution < 1.29 is 13.9 Å². The zero-order valence-electron chi connectivity index (χ0n) is 12.3. The monoisotopic (exact) mass is 283 g/mol. The molecule has 1 aromatic carbocycles. The number of anilines is 2. The van der Waals surface area contributed by atoms with Crippen molar-refractivity contribution in [2.24, 2.45) is 5.73 Å². The number of hydrogen-bond donors (Lipinski definition) is 3. The Bertz CT molecular complexity index is 472. The molecule has 6 heteroatoms. The van der Waals surface area contributed by atoms with Crippen LogP contribution in [0.5, 0.6) is 0 Å². The van der Waals surface area contributed by atoms with Gasteiger partial charge in [-0.05, 0) is 45.9 Å². The lowest BCUT2D eigenvalue weighted by Crippen LogP contribution is -2.28. The highest BCUT2D eigenvalue weighted by Gasteiger charge is 2.17. The van der Waals surface area contributed by atoms with Gasteiger partial charge in [-0.1, -0.05) is 0 Å². The molecule has 4 N–H and O–H groups in total. The lowest BCUT2D eigenvalue weighted by molar-refractivity contribution is 0.0635. The van der Waals surface area contributed by atoms with E-state index in [1.807, 2.05) is 6.92 Å². The summed E-state index contributed by atoms with van der Waals surface area (Å²) in [5.74, 6) is -0.526. The van der Waals surface area contributed by atoms with Gasteiger partial charge < -0.3 is 15.8 Å². The number of amides is 1. The van der Waals surface area contributed by atoms with Gasteiger partial charge in [-0.2, -0.15) is 0 Å². The molecule has 1 rings (SSSR count). The van der Waals surface area contributed by atoms with Crippen LogP contribution in [0.25, 0.3) is 0 Å². The van der Waals surface area contributed by atoms with Crippen LogP contribution in [0, 0.1) is 5.82 Å². The largest absolute Gasteiger partial charge is 0.444 e. The summed E-state index contributed by atoms with van der Waals surface area (Å²) in [5.41, 5.74) is 5.62. The molecule has 20 heavy (non-hydrogen) atoms. The normalized spacial score (nSPS) is 12.7. The summed E-state index contributed by atoms with van der Waals surface area (Å²) >= 11 is 0. The summed E-state index contributed by atoms with van der Waals surface area (Å²) < 4.78 is 18.7. The standard InChI is InChI=1S/C14H22FN3O2/c1-9(8-16)17-10-5-6-11(15)12(7-10)18-13(19)20-14(2,3)4/h5-7,9,17H,8,16H2,1-4H3,(H,18,19). The number of halogens is 1. The van der Waals surface area contributed by atoms with Gasteiger partial charge >= 0.3 is 6.09 Å². The first kappa shape index (κ1) is 16.2. The molecule has 0 aliphatic carbocycles. The Morgan fingerprint density at radius 1 is 1.45 bits per heavy atom. The second kappa shape index (κ2) is 6.56. The van der Waals surface area contributed by atoms with Crippen LogP contribution in [-0.4, -0.2) is 24.3 Å². The zero-order chi connectivity index (χ0) is 15.3. The minimum absolute atomic E-state index is 0.0508. The molecule has 0 heterocycles. The Morgan fingerprint density at radius 2 is 2.10 bits per heavy atom. The van der Waals surface area contributed by atoms with Crippen LogP contribution in [-0.2, 0) is 4.74 Å². The van der Waals surface area contributed by atoms with Crippen LogP contribution >= 0.6 is 0 Å². The molecule has 1 aromatic rings. The molecule has 5 nitrogen and oxygen atoms in total.